The number of hydrogen-bond acceptors (Lipinski definition) is 6. The predicted octanol–water partition coefficient (Wildman–Crippen LogP) is 5.94. The molecule has 0 saturated heterocycles. The number of hydrogen-bond donors (Lipinski definition) is 1. The van der Waals surface area contributed by atoms with E-state index in [0.29, 0.717) is 5.82 Å². The number of furan rings is 1. The Morgan fingerprint density at radius 3 is 2.68 bits per heavy atom. The molecule has 5 aromatic rings. The topological polar surface area (TPSA) is 63.3 Å². The van der Waals surface area contributed by atoms with Crippen LogP contribution >= 0.6 is 11.3 Å². The first kappa shape index (κ1) is 16.6. The van der Waals surface area contributed by atoms with E-state index in [0.717, 1.165) is 37.5 Å². The molecule has 0 saturated carbocycles. The molecule has 0 amide bonds. The standard InChI is InChI=1S/C22H16N4OS/c1-14(19-11-16-9-5-6-10-18(16)27-19)25-26-21-17-12-20(15-7-3-2-4-8-15)28-22(17)24-13-23-21/h2-13H,1H3,(H,23,24,26). The molecule has 136 valence electrons. The van der Waals surface area contributed by atoms with Crippen molar-refractivity contribution in [1.29, 1.82) is 0 Å². The fraction of sp³-hybridized carbons (Fsp3) is 0.0455. The third-order valence-corrected chi connectivity index (χ3v) is 5.59. The van der Waals surface area contributed by atoms with Gasteiger partial charge in [0, 0.05) is 10.3 Å². The number of hydrazone groups is 1. The molecule has 0 unspecified atom stereocenters. The lowest BCUT2D eigenvalue weighted by molar-refractivity contribution is 0.604. The van der Waals surface area contributed by atoms with Gasteiger partial charge in [-0.3, -0.25) is 5.43 Å². The van der Waals surface area contributed by atoms with Crippen molar-refractivity contribution in [2.45, 2.75) is 6.92 Å². The van der Waals surface area contributed by atoms with Gasteiger partial charge in [-0.25, -0.2) is 9.97 Å². The van der Waals surface area contributed by atoms with E-state index in [1.807, 2.05) is 55.5 Å². The van der Waals surface area contributed by atoms with Crippen molar-refractivity contribution in [3.8, 4) is 10.4 Å². The molecule has 0 aliphatic carbocycles. The molecule has 0 atom stereocenters. The zero-order chi connectivity index (χ0) is 18.9. The predicted molar refractivity (Wildman–Crippen MR) is 115 cm³/mol. The summed E-state index contributed by atoms with van der Waals surface area (Å²) >= 11 is 1.64. The van der Waals surface area contributed by atoms with Gasteiger partial charge < -0.3 is 4.42 Å². The lowest BCUT2D eigenvalue weighted by Gasteiger charge is -2.01. The molecule has 1 N–H and O–H groups in total. The molecule has 2 aromatic carbocycles. The van der Waals surface area contributed by atoms with Crippen LogP contribution in [0.3, 0.4) is 0 Å². The van der Waals surface area contributed by atoms with Gasteiger partial charge in [-0.2, -0.15) is 5.10 Å². The molecular weight excluding hydrogens is 368 g/mol. The van der Waals surface area contributed by atoms with E-state index in [9.17, 15) is 0 Å². The Balaban J connectivity index is 1.47. The van der Waals surface area contributed by atoms with E-state index < -0.39 is 0 Å². The van der Waals surface area contributed by atoms with Gasteiger partial charge in [-0.05, 0) is 30.7 Å². The summed E-state index contributed by atoms with van der Waals surface area (Å²) in [5.41, 5.74) is 5.84. The second-order valence-electron chi connectivity index (χ2n) is 6.38. The molecule has 28 heavy (non-hydrogen) atoms. The Morgan fingerprint density at radius 1 is 1.00 bits per heavy atom. The number of fused-ring (bicyclic) bond motifs is 2. The first-order valence-corrected chi connectivity index (χ1v) is 9.69. The van der Waals surface area contributed by atoms with Gasteiger partial charge in [0.2, 0.25) is 0 Å². The Morgan fingerprint density at radius 2 is 1.82 bits per heavy atom. The Hall–Kier alpha value is -3.51. The summed E-state index contributed by atoms with van der Waals surface area (Å²) in [7, 11) is 0. The van der Waals surface area contributed by atoms with E-state index in [1.165, 1.54) is 5.56 Å². The lowest BCUT2D eigenvalue weighted by Crippen LogP contribution is -2.00. The van der Waals surface area contributed by atoms with E-state index in [4.69, 9.17) is 4.42 Å². The van der Waals surface area contributed by atoms with Crippen LogP contribution in [0.4, 0.5) is 5.82 Å². The summed E-state index contributed by atoms with van der Waals surface area (Å²) in [6.45, 7) is 1.91. The molecule has 0 fully saturated rings. The highest BCUT2D eigenvalue weighted by Crippen LogP contribution is 2.34. The number of nitrogens with zero attached hydrogens (tertiary/aromatic N) is 3. The maximum absolute atomic E-state index is 5.87. The number of aromatic nitrogens is 2. The average molecular weight is 384 g/mol. The van der Waals surface area contributed by atoms with Gasteiger partial charge in [0.1, 0.15) is 22.5 Å². The second-order valence-corrected chi connectivity index (χ2v) is 7.41. The SMILES string of the molecule is CC(=NNc1ncnc2sc(-c3ccccc3)cc12)c1cc2ccccc2o1. The summed E-state index contributed by atoms with van der Waals surface area (Å²) in [6, 6.07) is 22.3. The summed E-state index contributed by atoms with van der Waals surface area (Å²) in [5.74, 6) is 1.41. The normalized spacial score (nSPS) is 12.0. The van der Waals surface area contributed by atoms with E-state index >= 15 is 0 Å². The molecule has 0 spiro atoms. The largest absolute Gasteiger partial charge is 0.455 e. The summed E-state index contributed by atoms with van der Waals surface area (Å²) in [4.78, 5) is 10.8. The van der Waals surface area contributed by atoms with Gasteiger partial charge in [0.25, 0.3) is 0 Å². The quantitative estimate of drug-likeness (QED) is 0.308. The van der Waals surface area contributed by atoms with Crippen LogP contribution in [-0.2, 0) is 0 Å². The van der Waals surface area contributed by atoms with Gasteiger partial charge in [0.05, 0.1) is 5.39 Å². The smallest absolute Gasteiger partial charge is 0.158 e. The fourth-order valence-electron chi connectivity index (χ4n) is 3.04. The fourth-order valence-corrected chi connectivity index (χ4v) is 4.05. The maximum Gasteiger partial charge on any atom is 0.158 e. The van der Waals surface area contributed by atoms with Crippen LogP contribution in [-0.4, -0.2) is 15.7 Å². The highest BCUT2D eigenvalue weighted by molar-refractivity contribution is 7.21. The third kappa shape index (κ3) is 3.04. The molecular formula is C22H16N4OS. The van der Waals surface area contributed by atoms with E-state index in [-0.39, 0.29) is 0 Å². The van der Waals surface area contributed by atoms with Gasteiger partial charge in [-0.1, -0.05) is 48.5 Å². The van der Waals surface area contributed by atoms with Crippen molar-refractivity contribution >= 4 is 44.1 Å². The van der Waals surface area contributed by atoms with Crippen molar-refractivity contribution < 1.29 is 4.42 Å². The highest BCUT2D eigenvalue weighted by atomic mass is 32.1. The van der Waals surface area contributed by atoms with Crippen LogP contribution in [0.2, 0.25) is 0 Å². The van der Waals surface area contributed by atoms with Crippen LogP contribution in [0.1, 0.15) is 12.7 Å². The number of benzene rings is 2. The van der Waals surface area contributed by atoms with Crippen molar-refractivity contribution in [3.05, 3.63) is 78.8 Å². The summed E-state index contributed by atoms with van der Waals surface area (Å²) < 4.78 is 5.87. The van der Waals surface area contributed by atoms with Crippen LogP contribution in [0.5, 0.6) is 0 Å². The Bertz CT molecular complexity index is 1270. The third-order valence-electron chi connectivity index (χ3n) is 4.50. The van der Waals surface area contributed by atoms with Crippen molar-refractivity contribution in [3.63, 3.8) is 0 Å². The van der Waals surface area contributed by atoms with E-state index in [1.54, 1.807) is 17.7 Å². The second kappa shape index (κ2) is 6.90. The molecule has 5 rings (SSSR count). The molecule has 6 heteroatoms. The minimum Gasteiger partial charge on any atom is -0.455 e. The molecule has 0 aliphatic heterocycles. The monoisotopic (exact) mass is 384 g/mol. The molecule has 0 aliphatic rings. The Kier molecular flexibility index (Phi) is 4.10. The summed E-state index contributed by atoms with van der Waals surface area (Å²) in [5, 5.41) is 6.49. The maximum atomic E-state index is 5.87. The minimum absolute atomic E-state index is 0.680. The van der Waals surface area contributed by atoms with Crippen molar-refractivity contribution in [2.24, 2.45) is 5.10 Å². The average Bonchev–Trinajstić information content (AvgIpc) is 3.37. The number of rotatable bonds is 4. The van der Waals surface area contributed by atoms with Crippen LogP contribution in [0.25, 0.3) is 31.6 Å². The number of anilines is 1. The molecule has 3 heterocycles. The Labute approximate surface area is 165 Å². The first-order chi connectivity index (χ1) is 13.8. The first-order valence-electron chi connectivity index (χ1n) is 8.87. The zero-order valence-corrected chi connectivity index (χ0v) is 15.9. The molecule has 5 nitrogen and oxygen atoms in total. The van der Waals surface area contributed by atoms with Gasteiger partial charge >= 0.3 is 0 Å². The number of thiophene rings is 1. The van der Waals surface area contributed by atoms with Crippen LogP contribution in [0, 0.1) is 0 Å². The number of para-hydroxylation sites is 1. The van der Waals surface area contributed by atoms with Gasteiger partial charge in [-0.15, -0.1) is 11.3 Å². The molecule has 0 radical (unpaired) electrons. The molecule has 0 bridgehead atoms. The van der Waals surface area contributed by atoms with Crippen LogP contribution in [0.15, 0.2) is 82.6 Å². The van der Waals surface area contributed by atoms with Gasteiger partial charge in [0.15, 0.2) is 11.6 Å². The lowest BCUT2D eigenvalue weighted by atomic mass is 10.2. The van der Waals surface area contributed by atoms with E-state index in [2.05, 4.69) is 38.7 Å². The minimum atomic E-state index is 0.680. The highest BCUT2D eigenvalue weighted by Gasteiger charge is 2.11. The van der Waals surface area contributed by atoms with Crippen molar-refractivity contribution in [2.75, 3.05) is 5.43 Å². The summed E-state index contributed by atoms with van der Waals surface area (Å²) in [6.07, 6.45) is 1.56. The van der Waals surface area contributed by atoms with Crippen molar-refractivity contribution in [1.82, 2.24) is 9.97 Å². The number of nitrogens with one attached hydrogen (secondary N) is 1. The zero-order valence-electron chi connectivity index (χ0n) is 15.1. The van der Waals surface area contributed by atoms with Crippen LogP contribution < -0.4 is 5.43 Å². The molecule has 3 aromatic heterocycles.